The standard InChI is InChI=1S/C12H19NO2/c1-8(2)14-10-6-5-7-11(12(10)13)15-9(3)4/h5-9H,13H2,1-4H3. The molecule has 2 N–H and O–H groups in total. The van der Waals surface area contributed by atoms with Crippen molar-refractivity contribution in [2.24, 2.45) is 0 Å². The van der Waals surface area contributed by atoms with Crippen LogP contribution in [0.3, 0.4) is 0 Å². The molecule has 15 heavy (non-hydrogen) atoms. The monoisotopic (exact) mass is 209 g/mol. The van der Waals surface area contributed by atoms with Crippen LogP contribution < -0.4 is 15.2 Å². The van der Waals surface area contributed by atoms with Crippen molar-refractivity contribution in [2.45, 2.75) is 39.9 Å². The minimum Gasteiger partial charge on any atom is -0.489 e. The number of benzene rings is 1. The summed E-state index contributed by atoms with van der Waals surface area (Å²) >= 11 is 0. The Morgan fingerprint density at radius 3 is 1.67 bits per heavy atom. The van der Waals surface area contributed by atoms with Gasteiger partial charge in [-0.3, -0.25) is 0 Å². The number of nitrogen functional groups attached to an aromatic ring is 1. The van der Waals surface area contributed by atoms with Gasteiger partial charge in [0.15, 0.2) is 0 Å². The summed E-state index contributed by atoms with van der Waals surface area (Å²) in [5, 5.41) is 0. The Balaban J connectivity index is 2.90. The predicted octanol–water partition coefficient (Wildman–Crippen LogP) is 2.84. The quantitative estimate of drug-likeness (QED) is 0.775. The lowest BCUT2D eigenvalue weighted by Gasteiger charge is -2.16. The summed E-state index contributed by atoms with van der Waals surface area (Å²) in [6.07, 6.45) is 0.225. The van der Waals surface area contributed by atoms with E-state index in [1.807, 2.05) is 45.9 Å². The maximum atomic E-state index is 5.93. The van der Waals surface area contributed by atoms with Gasteiger partial charge in [0, 0.05) is 0 Å². The molecule has 0 saturated heterocycles. The minimum absolute atomic E-state index is 0.113. The van der Waals surface area contributed by atoms with Gasteiger partial charge in [-0.15, -0.1) is 0 Å². The number of hydrogen-bond donors (Lipinski definition) is 1. The summed E-state index contributed by atoms with van der Waals surface area (Å²) in [7, 11) is 0. The van der Waals surface area contributed by atoms with Gasteiger partial charge in [-0.25, -0.2) is 0 Å². The number of nitrogens with two attached hydrogens (primary N) is 1. The smallest absolute Gasteiger partial charge is 0.146 e. The van der Waals surface area contributed by atoms with Crippen LogP contribution in [0, 0.1) is 0 Å². The Morgan fingerprint density at radius 2 is 1.33 bits per heavy atom. The summed E-state index contributed by atoms with van der Waals surface area (Å²) in [6, 6.07) is 5.58. The van der Waals surface area contributed by atoms with Gasteiger partial charge >= 0.3 is 0 Å². The maximum Gasteiger partial charge on any atom is 0.146 e. The van der Waals surface area contributed by atoms with Gasteiger partial charge in [0.2, 0.25) is 0 Å². The molecule has 0 aliphatic carbocycles. The van der Waals surface area contributed by atoms with Crippen LogP contribution in [-0.2, 0) is 0 Å². The first-order valence-electron chi connectivity index (χ1n) is 5.22. The van der Waals surface area contributed by atoms with Crippen LogP contribution in [0.5, 0.6) is 11.5 Å². The fraction of sp³-hybridized carbons (Fsp3) is 0.500. The molecule has 3 nitrogen and oxygen atoms in total. The normalized spacial score (nSPS) is 10.8. The highest BCUT2D eigenvalue weighted by Crippen LogP contribution is 2.32. The molecule has 1 rings (SSSR count). The number of anilines is 1. The first-order valence-corrected chi connectivity index (χ1v) is 5.22. The van der Waals surface area contributed by atoms with Gasteiger partial charge in [-0.1, -0.05) is 6.07 Å². The second-order valence-electron chi connectivity index (χ2n) is 4.00. The molecule has 0 heterocycles. The zero-order valence-corrected chi connectivity index (χ0v) is 9.78. The first-order chi connectivity index (χ1) is 7.00. The molecule has 0 unspecified atom stereocenters. The number of para-hydroxylation sites is 1. The van der Waals surface area contributed by atoms with Crippen molar-refractivity contribution in [3.05, 3.63) is 18.2 Å². The average Bonchev–Trinajstić information content (AvgIpc) is 2.10. The Bertz CT molecular complexity index is 293. The Hall–Kier alpha value is -1.38. The van der Waals surface area contributed by atoms with Crippen LogP contribution in [0.4, 0.5) is 5.69 Å². The van der Waals surface area contributed by atoms with Crippen molar-refractivity contribution >= 4 is 5.69 Å². The summed E-state index contributed by atoms with van der Waals surface area (Å²) in [5.41, 5.74) is 6.50. The third-order valence-electron chi connectivity index (χ3n) is 1.75. The second kappa shape index (κ2) is 4.91. The lowest BCUT2D eigenvalue weighted by molar-refractivity contribution is 0.232. The topological polar surface area (TPSA) is 44.5 Å². The fourth-order valence-electron chi connectivity index (χ4n) is 1.24. The van der Waals surface area contributed by atoms with Crippen LogP contribution in [-0.4, -0.2) is 12.2 Å². The zero-order chi connectivity index (χ0) is 11.4. The molecular formula is C12H19NO2. The van der Waals surface area contributed by atoms with Gasteiger partial charge < -0.3 is 15.2 Å². The Morgan fingerprint density at radius 1 is 0.933 bits per heavy atom. The van der Waals surface area contributed by atoms with Crippen molar-refractivity contribution in [1.29, 1.82) is 0 Å². The molecule has 0 atom stereocenters. The van der Waals surface area contributed by atoms with E-state index in [0.29, 0.717) is 17.2 Å². The van der Waals surface area contributed by atoms with E-state index in [1.54, 1.807) is 0 Å². The van der Waals surface area contributed by atoms with Crippen LogP contribution in [0.2, 0.25) is 0 Å². The Labute approximate surface area is 91.2 Å². The molecule has 0 aliphatic heterocycles. The van der Waals surface area contributed by atoms with E-state index in [-0.39, 0.29) is 12.2 Å². The average molecular weight is 209 g/mol. The third-order valence-corrected chi connectivity index (χ3v) is 1.75. The number of ether oxygens (including phenoxy) is 2. The molecule has 0 bridgehead atoms. The highest BCUT2D eigenvalue weighted by Gasteiger charge is 2.09. The fourth-order valence-corrected chi connectivity index (χ4v) is 1.24. The van der Waals surface area contributed by atoms with E-state index < -0.39 is 0 Å². The summed E-state index contributed by atoms with van der Waals surface area (Å²) in [6.45, 7) is 7.87. The van der Waals surface area contributed by atoms with E-state index >= 15 is 0 Å². The molecule has 0 fully saturated rings. The largest absolute Gasteiger partial charge is 0.489 e. The highest BCUT2D eigenvalue weighted by molar-refractivity contribution is 5.62. The Kier molecular flexibility index (Phi) is 3.83. The predicted molar refractivity (Wildman–Crippen MR) is 62.4 cm³/mol. The van der Waals surface area contributed by atoms with E-state index in [2.05, 4.69) is 0 Å². The highest BCUT2D eigenvalue weighted by atomic mass is 16.5. The van der Waals surface area contributed by atoms with Crippen LogP contribution in [0.15, 0.2) is 18.2 Å². The van der Waals surface area contributed by atoms with E-state index in [9.17, 15) is 0 Å². The van der Waals surface area contributed by atoms with E-state index in [4.69, 9.17) is 15.2 Å². The van der Waals surface area contributed by atoms with Crippen molar-refractivity contribution < 1.29 is 9.47 Å². The molecule has 0 aromatic heterocycles. The van der Waals surface area contributed by atoms with Crippen LogP contribution >= 0.6 is 0 Å². The lowest BCUT2D eigenvalue weighted by atomic mass is 10.2. The van der Waals surface area contributed by atoms with Crippen molar-refractivity contribution in [3.63, 3.8) is 0 Å². The molecule has 1 aromatic carbocycles. The number of rotatable bonds is 4. The lowest BCUT2D eigenvalue weighted by Crippen LogP contribution is -2.10. The second-order valence-corrected chi connectivity index (χ2v) is 4.00. The molecule has 84 valence electrons. The summed E-state index contributed by atoms with van der Waals surface area (Å²) in [5.74, 6) is 1.37. The van der Waals surface area contributed by atoms with Gasteiger partial charge in [0.05, 0.1) is 12.2 Å². The SMILES string of the molecule is CC(C)Oc1cccc(OC(C)C)c1N. The summed E-state index contributed by atoms with van der Waals surface area (Å²) in [4.78, 5) is 0. The molecule has 3 heteroatoms. The van der Waals surface area contributed by atoms with E-state index in [0.717, 1.165) is 0 Å². The van der Waals surface area contributed by atoms with Crippen molar-refractivity contribution in [3.8, 4) is 11.5 Å². The molecular weight excluding hydrogens is 190 g/mol. The maximum absolute atomic E-state index is 5.93. The number of hydrogen-bond acceptors (Lipinski definition) is 3. The zero-order valence-electron chi connectivity index (χ0n) is 9.78. The third kappa shape index (κ3) is 3.35. The molecule has 0 aliphatic rings. The molecule has 0 saturated carbocycles. The van der Waals surface area contributed by atoms with Crippen LogP contribution in [0.25, 0.3) is 0 Å². The van der Waals surface area contributed by atoms with Gasteiger partial charge in [0.25, 0.3) is 0 Å². The van der Waals surface area contributed by atoms with Gasteiger partial charge in [-0.2, -0.15) is 0 Å². The molecule has 0 spiro atoms. The van der Waals surface area contributed by atoms with Gasteiger partial charge in [-0.05, 0) is 39.8 Å². The molecule has 1 aromatic rings. The molecule has 0 radical (unpaired) electrons. The summed E-state index contributed by atoms with van der Waals surface area (Å²) < 4.78 is 11.1. The van der Waals surface area contributed by atoms with Crippen molar-refractivity contribution in [2.75, 3.05) is 5.73 Å². The minimum atomic E-state index is 0.113. The van der Waals surface area contributed by atoms with E-state index in [1.165, 1.54) is 0 Å². The van der Waals surface area contributed by atoms with Gasteiger partial charge in [0.1, 0.15) is 17.2 Å². The van der Waals surface area contributed by atoms with Crippen molar-refractivity contribution in [1.82, 2.24) is 0 Å². The van der Waals surface area contributed by atoms with Crippen LogP contribution in [0.1, 0.15) is 27.7 Å². The molecule has 0 amide bonds. The first kappa shape index (κ1) is 11.7.